The van der Waals surface area contributed by atoms with E-state index in [1.54, 1.807) is 0 Å². The number of nitrogens with zero attached hydrogens (tertiary/aromatic N) is 2. The molecular formula is C11H14ClN3O. The fourth-order valence-electron chi connectivity index (χ4n) is 1.66. The van der Waals surface area contributed by atoms with E-state index in [-0.39, 0.29) is 0 Å². The standard InChI is InChI=1S/C11H14ClN3O/c1-2-16-6-5-15-10-4-3-8(12)7-9(10)14-11(15)13/h3-4,7H,2,5-6H2,1H3,(H2,13,14). The lowest BCUT2D eigenvalue weighted by Crippen LogP contribution is -2.08. The van der Waals surface area contributed by atoms with Crippen molar-refractivity contribution in [3.8, 4) is 0 Å². The van der Waals surface area contributed by atoms with E-state index in [1.165, 1.54) is 0 Å². The molecule has 0 aliphatic carbocycles. The van der Waals surface area contributed by atoms with Gasteiger partial charge in [-0.3, -0.25) is 0 Å². The van der Waals surface area contributed by atoms with Gasteiger partial charge in [0.05, 0.1) is 17.6 Å². The smallest absolute Gasteiger partial charge is 0.201 e. The average Bonchev–Trinajstić information content (AvgIpc) is 2.55. The Morgan fingerprint density at radius 1 is 1.50 bits per heavy atom. The highest BCUT2D eigenvalue weighted by atomic mass is 35.5. The van der Waals surface area contributed by atoms with Crippen LogP contribution in [0.25, 0.3) is 11.0 Å². The second-order valence-corrected chi connectivity index (χ2v) is 3.89. The van der Waals surface area contributed by atoms with E-state index in [2.05, 4.69) is 4.98 Å². The van der Waals surface area contributed by atoms with Crippen LogP contribution in [0.15, 0.2) is 18.2 Å². The first-order valence-electron chi connectivity index (χ1n) is 5.21. The molecule has 0 bridgehead atoms. The maximum Gasteiger partial charge on any atom is 0.201 e. The molecule has 0 amide bonds. The zero-order valence-corrected chi connectivity index (χ0v) is 9.87. The molecule has 4 nitrogen and oxygen atoms in total. The van der Waals surface area contributed by atoms with Gasteiger partial charge in [-0.15, -0.1) is 0 Å². The van der Waals surface area contributed by atoms with Gasteiger partial charge in [-0.05, 0) is 25.1 Å². The Kier molecular flexibility index (Phi) is 3.31. The number of fused-ring (bicyclic) bond motifs is 1. The number of ether oxygens (including phenoxy) is 1. The minimum atomic E-state index is 0.497. The van der Waals surface area contributed by atoms with E-state index in [4.69, 9.17) is 22.1 Å². The van der Waals surface area contributed by atoms with Crippen molar-refractivity contribution in [1.29, 1.82) is 0 Å². The van der Waals surface area contributed by atoms with E-state index < -0.39 is 0 Å². The third-order valence-corrected chi connectivity index (χ3v) is 2.64. The van der Waals surface area contributed by atoms with Gasteiger partial charge in [-0.2, -0.15) is 0 Å². The molecule has 0 saturated heterocycles. The van der Waals surface area contributed by atoms with Crippen molar-refractivity contribution in [3.63, 3.8) is 0 Å². The Bertz CT molecular complexity index is 495. The monoisotopic (exact) mass is 239 g/mol. The SMILES string of the molecule is CCOCCn1c(N)nc2cc(Cl)ccc21. The number of nitrogen functional groups attached to an aromatic ring is 1. The van der Waals surface area contributed by atoms with Crippen LogP contribution in [0.1, 0.15) is 6.92 Å². The molecule has 1 aromatic heterocycles. The summed E-state index contributed by atoms with van der Waals surface area (Å²) in [5, 5.41) is 0.668. The topological polar surface area (TPSA) is 53.1 Å². The summed E-state index contributed by atoms with van der Waals surface area (Å²) in [6, 6.07) is 5.57. The van der Waals surface area contributed by atoms with Gasteiger partial charge < -0.3 is 15.0 Å². The van der Waals surface area contributed by atoms with Crippen molar-refractivity contribution >= 4 is 28.6 Å². The lowest BCUT2D eigenvalue weighted by Gasteiger charge is -2.06. The molecule has 0 spiro atoms. The van der Waals surface area contributed by atoms with Gasteiger partial charge in [-0.25, -0.2) is 4.98 Å². The molecule has 0 aliphatic rings. The summed E-state index contributed by atoms with van der Waals surface area (Å²) in [5.74, 6) is 0.497. The molecule has 2 aromatic rings. The van der Waals surface area contributed by atoms with E-state index in [0.717, 1.165) is 11.0 Å². The lowest BCUT2D eigenvalue weighted by atomic mass is 10.3. The Morgan fingerprint density at radius 3 is 3.06 bits per heavy atom. The Morgan fingerprint density at radius 2 is 2.31 bits per heavy atom. The second kappa shape index (κ2) is 4.72. The third-order valence-electron chi connectivity index (χ3n) is 2.40. The maximum atomic E-state index is 5.89. The summed E-state index contributed by atoms with van der Waals surface area (Å²) < 4.78 is 7.24. The van der Waals surface area contributed by atoms with Crippen LogP contribution in [-0.2, 0) is 11.3 Å². The van der Waals surface area contributed by atoms with E-state index in [9.17, 15) is 0 Å². The highest BCUT2D eigenvalue weighted by molar-refractivity contribution is 6.31. The van der Waals surface area contributed by atoms with Gasteiger partial charge in [0.1, 0.15) is 0 Å². The van der Waals surface area contributed by atoms with Crippen LogP contribution in [0.4, 0.5) is 5.95 Å². The Hall–Kier alpha value is -1.26. The molecule has 0 atom stereocenters. The number of benzene rings is 1. The van der Waals surface area contributed by atoms with Gasteiger partial charge in [0.2, 0.25) is 5.95 Å². The quantitative estimate of drug-likeness (QED) is 0.833. The first kappa shape index (κ1) is 11.2. The number of halogens is 1. The third kappa shape index (κ3) is 2.13. The van der Waals surface area contributed by atoms with Gasteiger partial charge in [0.15, 0.2) is 0 Å². The molecule has 1 heterocycles. The largest absolute Gasteiger partial charge is 0.380 e. The van der Waals surface area contributed by atoms with Crippen LogP contribution in [0.5, 0.6) is 0 Å². The first-order valence-corrected chi connectivity index (χ1v) is 5.59. The number of hydrogen-bond donors (Lipinski definition) is 1. The lowest BCUT2D eigenvalue weighted by molar-refractivity contribution is 0.140. The summed E-state index contributed by atoms with van der Waals surface area (Å²) in [4.78, 5) is 4.25. The number of hydrogen-bond acceptors (Lipinski definition) is 3. The normalized spacial score (nSPS) is 11.1. The van der Waals surface area contributed by atoms with Gasteiger partial charge in [0.25, 0.3) is 0 Å². The summed E-state index contributed by atoms with van der Waals surface area (Å²) in [5.41, 5.74) is 7.65. The molecule has 0 saturated carbocycles. The molecule has 0 fully saturated rings. The summed E-state index contributed by atoms with van der Waals surface area (Å²) in [6.45, 7) is 4.01. The predicted molar refractivity (Wildman–Crippen MR) is 65.6 cm³/mol. The van der Waals surface area contributed by atoms with Crippen LogP contribution < -0.4 is 5.73 Å². The predicted octanol–water partition coefficient (Wildman–Crippen LogP) is 2.31. The maximum absolute atomic E-state index is 5.89. The molecule has 0 unspecified atom stereocenters. The van der Waals surface area contributed by atoms with Crippen LogP contribution in [-0.4, -0.2) is 22.8 Å². The van der Waals surface area contributed by atoms with Crippen molar-refractivity contribution in [3.05, 3.63) is 23.2 Å². The fraction of sp³-hybridized carbons (Fsp3) is 0.364. The van der Waals surface area contributed by atoms with E-state index in [1.807, 2.05) is 29.7 Å². The number of imidazole rings is 1. The van der Waals surface area contributed by atoms with Crippen molar-refractivity contribution in [2.24, 2.45) is 0 Å². The summed E-state index contributed by atoms with van der Waals surface area (Å²) >= 11 is 5.89. The van der Waals surface area contributed by atoms with Crippen LogP contribution >= 0.6 is 11.6 Å². The molecular weight excluding hydrogens is 226 g/mol. The minimum Gasteiger partial charge on any atom is -0.380 e. The zero-order valence-electron chi connectivity index (χ0n) is 9.11. The van der Waals surface area contributed by atoms with Crippen molar-refractivity contribution in [2.45, 2.75) is 13.5 Å². The first-order chi connectivity index (χ1) is 7.72. The number of rotatable bonds is 4. The van der Waals surface area contributed by atoms with Crippen LogP contribution in [0.3, 0.4) is 0 Å². The molecule has 0 radical (unpaired) electrons. The van der Waals surface area contributed by atoms with Crippen molar-refractivity contribution < 1.29 is 4.74 Å². The van der Waals surface area contributed by atoms with Gasteiger partial charge >= 0.3 is 0 Å². The van der Waals surface area contributed by atoms with Crippen LogP contribution in [0, 0.1) is 0 Å². The van der Waals surface area contributed by atoms with E-state index in [0.29, 0.717) is 30.7 Å². The van der Waals surface area contributed by atoms with Crippen LogP contribution in [0.2, 0.25) is 5.02 Å². The number of aromatic nitrogens is 2. The highest BCUT2D eigenvalue weighted by Crippen LogP contribution is 2.21. The van der Waals surface area contributed by atoms with E-state index >= 15 is 0 Å². The molecule has 2 N–H and O–H groups in total. The zero-order chi connectivity index (χ0) is 11.5. The van der Waals surface area contributed by atoms with Gasteiger partial charge in [-0.1, -0.05) is 11.6 Å². The Labute approximate surface area is 99.0 Å². The Balaban J connectivity index is 2.32. The summed E-state index contributed by atoms with van der Waals surface area (Å²) in [7, 11) is 0. The highest BCUT2D eigenvalue weighted by Gasteiger charge is 2.07. The number of nitrogens with two attached hydrogens (primary N) is 1. The van der Waals surface area contributed by atoms with Crippen molar-refractivity contribution in [1.82, 2.24) is 9.55 Å². The molecule has 86 valence electrons. The second-order valence-electron chi connectivity index (χ2n) is 3.45. The molecule has 0 aliphatic heterocycles. The molecule has 16 heavy (non-hydrogen) atoms. The fourth-order valence-corrected chi connectivity index (χ4v) is 1.82. The number of anilines is 1. The average molecular weight is 240 g/mol. The van der Waals surface area contributed by atoms with Gasteiger partial charge in [0, 0.05) is 18.2 Å². The van der Waals surface area contributed by atoms with Crippen molar-refractivity contribution in [2.75, 3.05) is 18.9 Å². The summed E-state index contributed by atoms with van der Waals surface area (Å²) in [6.07, 6.45) is 0. The minimum absolute atomic E-state index is 0.497. The molecule has 2 rings (SSSR count). The molecule has 5 heteroatoms. The molecule has 1 aromatic carbocycles.